The van der Waals surface area contributed by atoms with Gasteiger partial charge >= 0.3 is 5.69 Å². The summed E-state index contributed by atoms with van der Waals surface area (Å²) < 4.78 is 71.2. The second-order valence-electron chi connectivity index (χ2n) is 9.53. The standard InChI is InChI=1S/C27H22ClF3N6O4S/c1-35-13-33-23(34-35)12-37-26(38)24-21(36(27(37)39)11-14-6-19(29)25(31)20(30)7-14)8-15(9-22(24)41-2)17-10-16(42(3,32)40)4-5-18(17)28/h4-10,13,32H,11-12H2,1-3H3. The molecule has 1 unspecified atom stereocenters. The lowest BCUT2D eigenvalue weighted by molar-refractivity contribution is 0.418. The molecule has 42 heavy (non-hydrogen) atoms. The summed E-state index contributed by atoms with van der Waals surface area (Å²) in [7, 11) is -0.211. The van der Waals surface area contributed by atoms with Gasteiger partial charge in [-0.15, -0.1) is 0 Å². The Bertz CT molecular complexity index is 2100. The smallest absolute Gasteiger partial charge is 0.332 e. The summed E-state index contributed by atoms with van der Waals surface area (Å²) in [5, 5.41) is 4.29. The fourth-order valence-electron chi connectivity index (χ4n) is 4.56. The highest BCUT2D eigenvalue weighted by molar-refractivity contribution is 7.91. The zero-order chi connectivity index (χ0) is 30.5. The van der Waals surface area contributed by atoms with Gasteiger partial charge in [0.15, 0.2) is 23.3 Å². The molecule has 3 aromatic carbocycles. The lowest BCUT2D eigenvalue weighted by Gasteiger charge is -2.18. The lowest BCUT2D eigenvalue weighted by atomic mass is 10.0. The first-order chi connectivity index (χ1) is 19.8. The van der Waals surface area contributed by atoms with Gasteiger partial charge in [-0.2, -0.15) is 5.10 Å². The van der Waals surface area contributed by atoms with Crippen LogP contribution in [0.5, 0.6) is 5.75 Å². The minimum absolute atomic E-state index is 0.0132. The van der Waals surface area contributed by atoms with E-state index >= 15 is 0 Å². The fraction of sp³-hybridized carbons (Fsp3) is 0.185. The van der Waals surface area contributed by atoms with E-state index in [4.69, 9.17) is 21.1 Å². The van der Waals surface area contributed by atoms with Crippen LogP contribution in [-0.2, 0) is 29.9 Å². The van der Waals surface area contributed by atoms with Crippen LogP contribution in [0.1, 0.15) is 11.4 Å². The average Bonchev–Trinajstić information content (AvgIpc) is 3.35. The van der Waals surface area contributed by atoms with E-state index in [1.807, 2.05) is 0 Å². The van der Waals surface area contributed by atoms with E-state index in [1.54, 1.807) is 7.05 Å². The molecule has 5 aromatic rings. The molecule has 1 N–H and O–H groups in total. The Morgan fingerprint density at radius 2 is 1.71 bits per heavy atom. The van der Waals surface area contributed by atoms with E-state index in [0.29, 0.717) is 11.1 Å². The molecule has 0 radical (unpaired) electrons. The predicted octanol–water partition coefficient (Wildman–Crippen LogP) is 4.17. The second-order valence-corrected chi connectivity index (χ2v) is 12.1. The molecule has 0 aliphatic carbocycles. The number of hydrogen-bond donors (Lipinski definition) is 1. The van der Waals surface area contributed by atoms with Crippen molar-refractivity contribution in [2.24, 2.45) is 7.05 Å². The third kappa shape index (κ3) is 5.30. The Morgan fingerprint density at radius 1 is 1.02 bits per heavy atom. The monoisotopic (exact) mass is 618 g/mol. The van der Waals surface area contributed by atoms with Crippen molar-refractivity contribution in [1.29, 1.82) is 4.78 Å². The molecular formula is C27H22ClF3N6O4S. The normalized spacial score (nSPS) is 12.9. The fourth-order valence-corrected chi connectivity index (χ4v) is 5.45. The summed E-state index contributed by atoms with van der Waals surface area (Å²) in [5.74, 6) is -4.38. The number of benzene rings is 3. The lowest BCUT2D eigenvalue weighted by Crippen LogP contribution is -2.41. The summed E-state index contributed by atoms with van der Waals surface area (Å²) in [6.07, 6.45) is 2.64. The molecule has 15 heteroatoms. The van der Waals surface area contributed by atoms with Crippen LogP contribution in [-0.4, -0.2) is 41.5 Å². The summed E-state index contributed by atoms with van der Waals surface area (Å²) in [4.78, 5) is 31.8. The highest BCUT2D eigenvalue weighted by Gasteiger charge is 2.22. The van der Waals surface area contributed by atoms with Gasteiger partial charge in [0.25, 0.3) is 5.56 Å². The van der Waals surface area contributed by atoms with Crippen LogP contribution in [0.4, 0.5) is 13.2 Å². The number of rotatable bonds is 7. The van der Waals surface area contributed by atoms with Crippen molar-refractivity contribution in [3.05, 3.63) is 103 Å². The molecule has 0 saturated carbocycles. The van der Waals surface area contributed by atoms with Crippen molar-refractivity contribution in [2.75, 3.05) is 13.4 Å². The third-order valence-corrected chi connectivity index (χ3v) is 8.03. The maximum Gasteiger partial charge on any atom is 0.332 e. The first kappa shape index (κ1) is 29.1. The average molecular weight is 619 g/mol. The van der Waals surface area contributed by atoms with Crippen LogP contribution in [0.2, 0.25) is 5.02 Å². The number of nitrogens with zero attached hydrogens (tertiary/aromatic N) is 5. The molecule has 2 heterocycles. The van der Waals surface area contributed by atoms with Crippen LogP contribution >= 0.6 is 11.6 Å². The number of nitrogens with one attached hydrogen (secondary N) is 1. The Labute approximate surface area is 241 Å². The van der Waals surface area contributed by atoms with Crippen LogP contribution in [0, 0.1) is 22.2 Å². The summed E-state index contributed by atoms with van der Waals surface area (Å²) in [6, 6.07) is 8.82. The van der Waals surface area contributed by atoms with E-state index < -0.39 is 45.0 Å². The van der Waals surface area contributed by atoms with Gasteiger partial charge in [-0.3, -0.25) is 18.6 Å². The van der Waals surface area contributed by atoms with E-state index in [0.717, 1.165) is 21.3 Å². The second kappa shape index (κ2) is 10.8. The van der Waals surface area contributed by atoms with Crippen LogP contribution in [0.25, 0.3) is 22.0 Å². The number of ether oxygens (including phenoxy) is 1. The van der Waals surface area contributed by atoms with Gasteiger partial charge in [0.05, 0.1) is 35.4 Å². The Morgan fingerprint density at radius 3 is 2.31 bits per heavy atom. The Kier molecular flexibility index (Phi) is 7.45. The molecule has 1 atom stereocenters. The predicted molar refractivity (Wildman–Crippen MR) is 150 cm³/mol. The van der Waals surface area contributed by atoms with Gasteiger partial charge in [0, 0.05) is 28.8 Å². The molecule has 0 saturated heterocycles. The maximum absolute atomic E-state index is 14.1. The van der Waals surface area contributed by atoms with Gasteiger partial charge < -0.3 is 4.74 Å². The highest BCUT2D eigenvalue weighted by Crippen LogP contribution is 2.36. The number of aryl methyl sites for hydroxylation is 1. The zero-order valence-electron chi connectivity index (χ0n) is 22.3. The quantitative estimate of drug-likeness (QED) is 0.273. The van der Waals surface area contributed by atoms with Crippen LogP contribution in [0.15, 0.2) is 63.3 Å². The summed E-state index contributed by atoms with van der Waals surface area (Å²) in [5.41, 5.74) is -1.04. The van der Waals surface area contributed by atoms with Crippen LogP contribution in [0.3, 0.4) is 0 Å². The molecule has 10 nitrogen and oxygen atoms in total. The molecule has 0 spiro atoms. The zero-order valence-corrected chi connectivity index (χ0v) is 23.9. The van der Waals surface area contributed by atoms with Gasteiger partial charge in [0.2, 0.25) is 0 Å². The Hall–Kier alpha value is -4.43. The largest absolute Gasteiger partial charge is 0.496 e. The highest BCUT2D eigenvalue weighted by atomic mass is 35.5. The topological polar surface area (TPSA) is 125 Å². The first-order valence-electron chi connectivity index (χ1n) is 12.2. The molecule has 0 bridgehead atoms. The minimum atomic E-state index is -3.13. The van der Waals surface area contributed by atoms with Crippen molar-refractivity contribution in [3.63, 3.8) is 0 Å². The van der Waals surface area contributed by atoms with Gasteiger partial charge in [-0.1, -0.05) is 11.6 Å². The van der Waals surface area contributed by atoms with Crippen molar-refractivity contribution < 1.29 is 22.1 Å². The van der Waals surface area contributed by atoms with E-state index in [1.165, 1.54) is 54.7 Å². The summed E-state index contributed by atoms with van der Waals surface area (Å²) in [6.45, 7) is -0.789. The van der Waals surface area contributed by atoms with Gasteiger partial charge in [0.1, 0.15) is 17.5 Å². The molecule has 0 aliphatic rings. The molecule has 5 rings (SSSR count). The van der Waals surface area contributed by atoms with E-state index in [9.17, 15) is 27.0 Å². The third-order valence-electron chi connectivity index (χ3n) is 6.54. The minimum Gasteiger partial charge on any atom is -0.496 e. The molecule has 2 aromatic heterocycles. The first-order valence-corrected chi connectivity index (χ1v) is 14.5. The van der Waals surface area contributed by atoms with Crippen molar-refractivity contribution >= 4 is 32.2 Å². The number of aromatic nitrogens is 5. The molecule has 0 aliphatic heterocycles. The van der Waals surface area contributed by atoms with Gasteiger partial charge in [-0.25, -0.2) is 31.9 Å². The number of halogens is 4. The van der Waals surface area contributed by atoms with Gasteiger partial charge in [-0.05, 0) is 53.6 Å². The van der Waals surface area contributed by atoms with Crippen molar-refractivity contribution in [1.82, 2.24) is 23.9 Å². The molecule has 218 valence electrons. The van der Waals surface area contributed by atoms with E-state index in [2.05, 4.69) is 10.1 Å². The SMILES string of the molecule is COc1cc(-c2cc(S(C)(=N)=O)ccc2Cl)cc2c1c(=O)n(Cc1ncn(C)n1)c(=O)n2Cc1cc(F)c(F)c(F)c1. The maximum atomic E-state index is 14.1. The van der Waals surface area contributed by atoms with Crippen molar-refractivity contribution in [3.8, 4) is 16.9 Å². The molecule has 0 amide bonds. The number of fused-ring (bicyclic) bond motifs is 1. The number of methoxy groups -OCH3 is 1. The molecular weight excluding hydrogens is 597 g/mol. The van der Waals surface area contributed by atoms with E-state index in [-0.39, 0.29) is 44.5 Å². The van der Waals surface area contributed by atoms with Crippen LogP contribution < -0.4 is 16.0 Å². The molecule has 0 fully saturated rings. The Balaban J connectivity index is 1.84. The number of hydrogen-bond acceptors (Lipinski definition) is 7. The summed E-state index contributed by atoms with van der Waals surface area (Å²) >= 11 is 6.46. The van der Waals surface area contributed by atoms with Crippen molar-refractivity contribution in [2.45, 2.75) is 18.0 Å².